The Hall–Kier alpha value is -2.30. The molecule has 0 aliphatic carbocycles. The van der Waals surface area contributed by atoms with Gasteiger partial charge in [-0.3, -0.25) is 18.3 Å². The van der Waals surface area contributed by atoms with E-state index in [-0.39, 0.29) is 48.8 Å². The van der Waals surface area contributed by atoms with Crippen LogP contribution >= 0.6 is 30.4 Å². The Labute approximate surface area is 390 Å². The largest absolute Gasteiger partial charge is 0.361 e. The average Bonchev–Trinajstić information content (AvgIpc) is 3.16. The molecule has 0 atom stereocenters. The standard InChI is InChI=1S/C48H72O12P4Si/c1-33(2)53-61(49,54-34(3)4)41-17-25-45(26-18-41)65(46-27-19-42(20-28-46)62(50,55-35(5)6)56-36(7)8,47-29-21-43(22-30-47)63(51,57-37(9)10)58-38(11)12)48-31-23-44(24-32-48)64(52,59-39(13)14)60-40(15)16/h17-40H,1-16H3. The number of hydrogen-bond donors (Lipinski definition) is 0. The van der Waals surface area contributed by atoms with Gasteiger partial charge in [0.2, 0.25) is 0 Å². The summed E-state index contributed by atoms with van der Waals surface area (Å²) in [7, 11) is -18.7. The summed E-state index contributed by atoms with van der Waals surface area (Å²) in [4.78, 5) is 0. The molecule has 17 heteroatoms. The van der Waals surface area contributed by atoms with Gasteiger partial charge in [0.25, 0.3) is 0 Å². The van der Waals surface area contributed by atoms with E-state index in [0.29, 0.717) is 21.2 Å². The third-order valence-electron chi connectivity index (χ3n) is 9.26. The van der Waals surface area contributed by atoms with Crippen LogP contribution < -0.4 is 42.0 Å². The molecule has 0 aromatic heterocycles. The van der Waals surface area contributed by atoms with Crippen molar-refractivity contribution in [3.63, 3.8) is 0 Å². The third kappa shape index (κ3) is 13.9. The van der Waals surface area contributed by atoms with E-state index in [1.54, 1.807) is 48.5 Å². The molecule has 0 amide bonds. The van der Waals surface area contributed by atoms with Crippen molar-refractivity contribution in [2.75, 3.05) is 0 Å². The van der Waals surface area contributed by atoms with Crippen molar-refractivity contribution in [2.24, 2.45) is 0 Å². The van der Waals surface area contributed by atoms with Crippen LogP contribution in [0.2, 0.25) is 0 Å². The maximum absolute atomic E-state index is 14.5. The van der Waals surface area contributed by atoms with E-state index < -0.39 is 38.5 Å². The summed E-state index contributed by atoms with van der Waals surface area (Å²) < 4.78 is 106. The second-order valence-electron chi connectivity index (χ2n) is 18.2. The Morgan fingerprint density at radius 1 is 0.262 bits per heavy atom. The Balaban J connectivity index is 2.17. The highest BCUT2D eigenvalue weighted by Crippen LogP contribution is 2.52. The first-order valence-corrected chi connectivity index (χ1v) is 30.7. The highest BCUT2D eigenvalue weighted by Gasteiger charge is 2.44. The van der Waals surface area contributed by atoms with Crippen LogP contribution in [-0.2, 0) is 54.5 Å². The van der Waals surface area contributed by atoms with Gasteiger partial charge in [0.15, 0.2) is 8.07 Å². The monoisotopic (exact) mass is 992 g/mol. The minimum Gasteiger partial charge on any atom is -0.302 e. The van der Waals surface area contributed by atoms with E-state index in [1.807, 2.05) is 159 Å². The van der Waals surface area contributed by atoms with E-state index in [0.717, 1.165) is 20.7 Å². The normalized spacial score (nSPS) is 13.5. The molecule has 0 spiro atoms. The van der Waals surface area contributed by atoms with Crippen molar-refractivity contribution >= 4 is 80.4 Å². The Morgan fingerprint density at radius 2 is 0.385 bits per heavy atom. The van der Waals surface area contributed by atoms with E-state index in [9.17, 15) is 18.3 Å². The van der Waals surface area contributed by atoms with Gasteiger partial charge in [-0.25, -0.2) is 0 Å². The highest BCUT2D eigenvalue weighted by atomic mass is 31.2. The number of benzene rings is 4. The van der Waals surface area contributed by atoms with Crippen molar-refractivity contribution in [1.82, 2.24) is 0 Å². The van der Waals surface area contributed by atoms with Gasteiger partial charge < -0.3 is 36.2 Å². The van der Waals surface area contributed by atoms with E-state index in [4.69, 9.17) is 36.2 Å². The molecular weight excluding hydrogens is 920 g/mol. The molecule has 0 aliphatic heterocycles. The van der Waals surface area contributed by atoms with Gasteiger partial charge in [0.1, 0.15) is 0 Å². The lowest BCUT2D eigenvalue weighted by atomic mass is 10.3. The van der Waals surface area contributed by atoms with Crippen LogP contribution in [0.25, 0.3) is 0 Å². The summed E-state index contributed by atoms with van der Waals surface area (Å²) in [6.45, 7) is 29.0. The smallest absolute Gasteiger partial charge is 0.302 e. The zero-order chi connectivity index (χ0) is 48.7. The van der Waals surface area contributed by atoms with E-state index in [2.05, 4.69) is 0 Å². The SMILES string of the molecule is CC(C)OP(=O)(OC(C)C)c1ccc([Si](c2ccc(P(=O)(OC(C)C)OC(C)C)cc2)(c2ccc(P(=O)(OC(C)C)OC(C)C)cc2)c2ccc(P(=O)(OC(C)C)OC(C)C)cc2)cc1. The first-order chi connectivity index (χ1) is 30.2. The summed E-state index contributed by atoms with van der Waals surface area (Å²) >= 11 is 0. The topological polar surface area (TPSA) is 142 Å². The van der Waals surface area contributed by atoms with Gasteiger partial charge in [0.05, 0.1) is 70.0 Å². The van der Waals surface area contributed by atoms with Gasteiger partial charge in [-0.05, 0) is 180 Å². The molecule has 4 rings (SSSR count). The molecule has 0 fully saturated rings. The third-order valence-corrected chi connectivity index (χ3v) is 23.4. The van der Waals surface area contributed by atoms with Crippen LogP contribution in [-0.4, -0.2) is 56.9 Å². The minimum atomic E-state index is -3.78. The lowest BCUT2D eigenvalue weighted by Crippen LogP contribution is -2.75. The van der Waals surface area contributed by atoms with Gasteiger partial charge in [-0.2, -0.15) is 0 Å². The average molecular weight is 993 g/mol. The quantitative estimate of drug-likeness (QED) is 0.0375. The van der Waals surface area contributed by atoms with Gasteiger partial charge in [-0.1, -0.05) is 48.5 Å². The molecule has 0 saturated heterocycles. The van der Waals surface area contributed by atoms with Crippen LogP contribution in [0.3, 0.4) is 0 Å². The molecule has 65 heavy (non-hydrogen) atoms. The Kier molecular flexibility index (Phi) is 19.5. The fourth-order valence-electron chi connectivity index (χ4n) is 7.38. The number of rotatable bonds is 24. The maximum Gasteiger partial charge on any atom is 0.361 e. The summed E-state index contributed by atoms with van der Waals surface area (Å²) in [5.41, 5.74) is 0. The summed E-state index contributed by atoms with van der Waals surface area (Å²) in [5.74, 6) is 0. The molecule has 0 heterocycles. The fourth-order valence-corrected chi connectivity index (χ4v) is 19.7. The summed E-state index contributed by atoms with van der Waals surface area (Å²) in [6.07, 6.45) is -3.08. The molecular formula is C48H72O12P4Si. The van der Waals surface area contributed by atoms with Crippen LogP contribution in [0.4, 0.5) is 0 Å². The molecule has 0 saturated carbocycles. The molecule has 360 valence electrons. The van der Waals surface area contributed by atoms with Crippen molar-refractivity contribution in [1.29, 1.82) is 0 Å². The maximum atomic E-state index is 14.5. The lowest BCUT2D eigenvalue weighted by Gasteiger charge is -2.35. The zero-order valence-electron chi connectivity index (χ0n) is 41.0. The molecule has 0 radical (unpaired) electrons. The molecule has 4 aromatic carbocycles. The van der Waals surface area contributed by atoms with Crippen molar-refractivity contribution in [3.05, 3.63) is 97.1 Å². The van der Waals surface area contributed by atoms with Crippen LogP contribution in [0.1, 0.15) is 111 Å². The Morgan fingerprint density at radius 3 is 0.492 bits per heavy atom. The van der Waals surface area contributed by atoms with Gasteiger partial charge >= 0.3 is 30.4 Å². The zero-order valence-corrected chi connectivity index (χ0v) is 45.6. The van der Waals surface area contributed by atoms with Crippen LogP contribution in [0.5, 0.6) is 0 Å². The first kappa shape index (κ1) is 55.3. The molecule has 12 nitrogen and oxygen atoms in total. The van der Waals surface area contributed by atoms with Crippen molar-refractivity contribution in [2.45, 2.75) is 160 Å². The molecule has 0 bridgehead atoms. The minimum absolute atomic E-state index is 0.385. The summed E-state index contributed by atoms with van der Waals surface area (Å²) in [5, 5.41) is 4.98. The Bertz CT molecular complexity index is 1940. The predicted molar refractivity (Wildman–Crippen MR) is 269 cm³/mol. The van der Waals surface area contributed by atoms with Crippen LogP contribution in [0, 0.1) is 0 Å². The van der Waals surface area contributed by atoms with Crippen molar-refractivity contribution < 1.29 is 54.5 Å². The predicted octanol–water partition coefficient (Wildman–Crippen LogP) is 9.74. The fraction of sp³-hybridized carbons (Fsp3) is 0.500. The van der Waals surface area contributed by atoms with Gasteiger partial charge in [-0.15, -0.1) is 0 Å². The summed E-state index contributed by atoms with van der Waals surface area (Å²) in [6, 6.07) is 29.8. The number of hydrogen-bond acceptors (Lipinski definition) is 12. The van der Waals surface area contributed by atoms with Gasteiger partial charge in [0, 0.05) is 0 Å². The second-order valence-corrected chi connectivity index (χ2v) is 29.7. The first-order valence-electron chi connectivity index (χ1n) is 22.5. The highest BCUT2D eigenvalue weighted by molar-refractivity contribution is 7.63. The lowest BCUT2D eigenvalue weighted by molar-refractivity contribution is 0.149. The van der Waals surface area contributed by atoms with Crippen LogP contribution in [0.15, 0.2) is 97.1 Å². The molecule has 4 aromatic rings. The molecule has 0 aliphatic rings. The molecule has 0 unspecified atom stereocenters. The van der Waals surface area contributed by atoms with E-state index in [1.165, 1.54) is 0 Å². The second kappa shape index (κ2) is 22.9. The van der Waals surface area contributed by atoms with E-state index >= 15 is 0 Å². The molecule has 0 N–H and O–H groups in total. The van der Waals surface area contributed by atoms with Crippen molar-refractivity contribution in [3.8, 4) is 0 Å².